The highest BCUT2D eigenvalue weighted by molar-refractivity contribution is 14.1. The van der Waals surface area contributed by atoms with E-state index in [2.05, 4.69) is 60.7 Å². The molecule has 2 aromatic heterocycles. The third-order valence-electron chi connectivity index (χ3n) is 3.06. The van der Waals surface area contributed by atoms with E-state index in [0.29, 0.717) is 0 Å². The molecule has 1 unspecified atom stereocenters. The van der Waals surface area contributed by atoms with Crippen molar-refractivity contribution < 1.29 is 0 Å². The van der Waals surface area contributed by atoms with Gasteiger partial charge in [-0.1, -0.05) is 0 Å². The zero-order chi connectivity index (χ0) is 14.3. The molecule has 0 N–H and O–H groups in total. The van der Waals surface area contributed by atoms with Crippen molar-refractivity contribution in [2.24, 2.45) is 0 Å². The molecule has 1 atom stereocenters. The summed E-state index contributed by atoms with van der Waals surface area (Å²) in [6.45, 7) is 4.69. The number of rotatable bonds is 3. The van der Waals surface area contributed by atoms with Gasteiger partial charge in [0.2, 0.25) is 0 Å². The second-order valence-corrected chi connectivity index (χ2v) is 7.53. The highest BCUT2D eigenvalue weighted by Crippen LogP contribution is 2.27. The molecule has 3 aromatic rings. The number of alkyl halides is 1. The minimum Gasteiger partial charge on any atom is -0.320 e. The van der Waals surface area contributed by atoms with Crippen LogP contribution in [0.15, 0.2) is 23.6 Å². The molecule has 6 heteroatoms. The zero-order valence-corrected chi connectivity index (χ0v) is 14.8. The van der Waals surface area contributed by atoms with Gasteiger partial charge < -0.3 is 4.57 Å². The standard InChI is InChI=1S/C14H13ClIN3S/c1-8-7-20-13(17-8)6-19-12-4-3-10(16)5-11(12)18-14(19)9(2)15/h3-5,7,9H,6H2,1-2H3. The zero-order valence-electron chi connectivity index (χ0n) is 11.1. The van der Waals surface area contributed by atoms with Crippen LogP contribution in [0.5, 0.6) is 0 Å². The van der Waals surface area contributed by atoms with Crippen molar-refractivity contribution in [3.8, 4) is 0 Å². The van der Waals surface area contributed by atoms with E-state index >= 15 is 0 Å². The van der Waals surface area contributed by atoms with Gasteiger partial charge in [-0.05, 0) is 54.6 Å². The first kappa shape index (κ1) is 14.3. The predicted octanol–water partition coefficient (Wildman–Crippen LogP) is 4.75. The van der Waals surface area contributed by atoms with Gasteiger partial charge in [-0.2, -0.15) is 0 Å². The Morgan fingerprint density at radius 1 is 1.40 bits per heavy atom. The van der Waals surface area contributed by atoms with E-state index < -0.39 is 0 Å². The van der Waals surface area contributed by atoms with Gasteiger partial charge in [0.15, 0.2) is 0 Å². The maximum absolute atomic E-state index is 6.29. The largest absolute Gasteiger partial charge is 0.320 e. The fraction of sp³-hybridized carbons (Fsp3) is 0.286. The molecule has 0 aliphatic rings. The summed E-state index contributed by atoms with van der Waals surface area (Å²) in [5, 5.41) is 3.03. The van der Waals surface area contributed by atoms with Gasteiger partial charge in [-0.15, -0.1) is 22.9 Å². The molecule has 3 rings (SSSR count). The van der Waals surface area contributed by atoms with Gasteiger partial charge in [-0.25, -0.2) is 9.97 Å². The summed E-state index contributed by atoms with van der Waals surface area (Å²) in [6.07, 6.45) is 0. The molecule has 0 aliphatic carbocycles. The summed E-state index contributed by atoms with van der Waals surface area (Å²) in [7, 11) is 0. The maximum atomic E-state index is 6.29. The molecule has 2 heterocycles. The lowest BCUT2D eigenvalue weighted by Gasteiger charge is -2.08. The molecule has 0 aliphatic heterocycles. The highest BCUT2D eigenvalue weighted by atomic mass is 127. The van der Waals surface area contributed by atoms with Crippen molar-refractivity contribution in [1.82, 2.24) is 14.5 Å². The summed E-state index contributed by atoms with van der Waals surface area (Å²) in [5.41, 5.74) is 3.16. The fourth-order valence-corrected chi connectivity index (χ4v) is 3.60. The Hall–Kier alpha value is -0.660. The number of aromatic nitrogens is 3. The van der Waals surface area contributed by atoms with Gasteiger partial charge in [0.25, 0.3) is 0 Å². The summed E-state index contributed by atoms with van der Waals surface area (Å²) in [5.74, 6) is 0.900. The molecular formula is C14H13ClIN3S. The first-order valence-electron chi connectivity index (χ1n) is 6.25. The van der Waals surface area contributed by atoms with Crippen molar-refractivity contribution in [3.05, 3.63) is 43.7 Å². The molecular weight excluding hydrogens is 405 g/mol. The first-order chi connectivity index (χ1) is 9.54. The Kier molecular flexibility index (Phi) is 4.01. The van der Waals surface area contributed by atoms with E-state index in [1.54, 1.807) is 11.3 Å². The Bertz CT molecular complexity index is 763. The third-order valence-corrected chi connectivity index (χ3v) is 4.87. The second kappa shape index (κ2) is 5.61. The molecule has 3 nitrogen and oxygen atoms in total. The molecule has 0 saturated heterocycles. The van der Waals surface area contributed by atoms with Crippen molar-refractivity contribution in [3.63, 3.8) is 0 Å². The first-order valence-corrected chi connectivity index (χ1v) is 8.65. The Balaban J connectivity index is 2.13. The molecule has 0 spiro atoms. The second-order valence-electron chi connectivity index (χ2n) is 4.69. The van der Waals surface area contributed by atoms with Crippen LogP contribution in [0.4, 0.5) is 0 Å². The average Bonchev–Trinajstić information content (AvgIpc) is 2.94. The number of aryl methyl sites for hydroxylation is 1. The van der Waals surface area contributed by atoms with Crippen LogP contribution in [0.1, 0.15) is 28.8 Å². The number of thiazole rings is 1. The van der Waals surface area contributed by atoms with Crippen LogP contribution >= 0.6 is 45.5 Å². The van der Waals surface area contributed by atoms with E-state index in [9.17, 15) is 0 Å². The van der Waals surface area contributed by atoms with Crippen LogP contribution in [0.2, 0.25) is 0 Å². The normalized spacial score (nSPS) is 13.0. The third kappa shape index (κ3) is 2.71. The number of benzene rings is 1. The van der Waals surface area contributed by atoms with Crippen LogP contribution in [0, 0.1) is 10.5 Å². The van der Waals surface area contributed by atoms with E-state index in [0.717, 1.165) is 34.1 Å². The average molecular weight is 418 g/mol. The van der Waals surface area contributed by atoms with Gasteiger partial charge >= 0.3 is 0 Å². The van der Waals surface area contributed by atoms with Crippen LogP contribution in [-0.2, 0) is 6.54 Å². The quantitative estimate of drug-likeness (QED) is 0.455. The monoisotopic (exact) mass is 417 g/mol. The van der Waals surface area contributed by atoms with E-state index in [1.165, 1.54) is 3.57 Å². The van der Waals surface area contributed by atoms with Crippen molar-refractivity contribution >= 4 is 56.6 Å². The molecule has 0 saturated carbocycles. The summed E-state index contributed by atoms with van der Waals surface area (Å²) in [6, 6.07) is 6.28. The number of imidazole rings is 1. The maximum Gasteiger partial charge on any atom is 0.128 e. The van der Waals surface area contributed by atoms with Crippen LogP contribution in [0.25, 0.3) is 11.0 Å². The van der Waals surface area contributed by atoms with Gasteiger partial charge in [0.1, 0.15) is 10.8 Å². The molecule has 0 fully saturated rings. The number of nitrogens with zero attached hydrogens (tertiary/aromatic N) is 3. The van der Waals surface area contributed by atoms with Crippen LogP contribution in [0.3, 0.4) is 0 Å². The van der Waals surface area contributed by atoms with Crippen LogP contribution in [-0.4, -0.2) is 14.5 Å². The number of hydrogen-bond acceptors (Lipinski definition) is 3. The summed E-state index contributed by atoms with van der Waals surface area (Å²) >= 11 is 10.3. The minimum absolute atomic E-state index is 0.124. The Labute approximate surface area is 140 Å². The minimum atomic E-state index is -0.124. The summed E-state index contributed by atoms with van der Waals surface area (Å²) in [4.78, 5) is 9.21. The lowest BCUT2D eigenvalue weighted by atomic mass is 10.3. The lowest BCUT2D eigenvalue weighted by Crippen LogP contribution is -2.05. The topological polar surface area (TPSA) is 30.7 Å². The fourth-order valence-electron chi connectivity index (χ4n) is 2.20. The number of fused-ring (bicyclic) bond motifs is 1. The van der Waals surface area contributed by atoms with Crippen molar-refractivity contribution in [1.29, 1.82) is 0 Å². The molecule has 0 bridgehead atoms. The smallest absolute Gasteiger partial charge is 0.128 e. The van der Waals surface area contributed by atoms with E-state index in [4.69, 9.17) is 11.6 Å². The Morgan fingerprint density at radius 2 is 2.20 bits per heavy atom. The SMILES string of the molecule is Cc1csc(Cn2c(C(C)Cl)nc3cc(I)ccc32)n1. The Morgan fingerprint density at radius 3 is 2.85 bits per heavy atom. The van der Waals surface area contributed by atoms with E-state index in [-0.39, 0.29) is 5.38 Å². The number of halogens is 2. The van der Waals surface area contributed by atoms with Crippen molar-refractivity contribution in [2.45, 2.75) is 25.8 Å². The van der Waals surface area contributed by atoms with Crippen LogP contribution < -0.4 is 0 Å². The predicted molar refractivity (Wildman–Crippen MR) is 92.7 cm³/mol. The lowest BCUT2D eigenvalue weighted by molar-refractivity contribution is 0.737. The molecule has 1 aromatic carbocycles. The molecule has 104 valence electrons. The van der Waals surface area contributed by atoms with Gasteiger partial charge in [0.05, 0.1) is 23.0 Å². The van der Waals surface area contributed by atoms with Crippen molar-refractivity contribution in [2.75, 3.05) is 0 Å². The molecule has 20 heavy (non-hydrogen) atoms. The number of hydrogen-bond donors (Lipinski definition) is 0. The molecule has 0 radical (unpaired) electrons. The van der Waals surface area contributed by atoms with Gasteiger partial charge in [-0.3, -0.25) is 0 Å². The van der Waals surface area contributed by atoms with E-state index in [1.807, 2.05) is 13.8 Å². The molecule has 0 amide bonds. The highest BCUT2D eigenvalue weighted by Gasteiger charge is 2.16. The van der Waals surface area contributed by atoms with Gasteiger partial charge in [0, 0.05) is 14.6 Å². The summed E-state index contributed by atoms with van der Waals surface area (Å²) < 4.78 is 3.35.